The number of carbonyl (C=O) groups is 1. The van der Waals surface area contributed by atoms with Crippen molar-refractivity contribution in [3.63, 3.8) is 0 Å². The van der Waals surface area contributed by atoms with Gasteiger partial charge in [0.1, 0.15) is 11.5 Å². The molecule has 5 rings (SSSR count). The van der Waals surface area contributed by atoms with E-state index in [4.69, 9.17) is 4.74 Å². The van der Waals surface area contributed by atoms with Crippen molar-refractivity contribution in [1.29, 1.82) is 0 Å². The summed E-state index contributed by atoms with van der Waals surface area (Å²) in [7, 11) is 1.80. The Kier molecular flexibility index (Phi) is 5.29. The molecule has 10 nitrogen and oxygen atoms in total. The Balaban J connectivity index is 1.31. The normalized spacial score (nSPS) is 16.4. The number of H-pyrrole nitrogens is 1. The van der Waals surface area contributed by atoms with E-state index in [9.17, 15) is 9.90 Å². The summed E-state index contributed by atoms with van der Waals surface area (Å²) >= 11 is 0. The van der Waals surface area contributed by atoms with Crippen molar-refractivity contribution >= 4 is 28.6 Å². The molecule has 1 aliphatic rings. The molecule has 4 heterocycles. The van der Waals surface area contributed by atoms with Gasteiger partial charge in [-0.1, -0.05) is 12.1 Å². The van der Waals surface area contributed by atoms with Gasteiger partial charge >= 0.3 is 0 Å². The molecule has 3 N–H and O–H groups in total. The number of aryl methyl sites for hydroxylation is 1. The number of aliphatic hydroxyl groups is 1. The van der Waals surface area contributed by atoms with Crippen LogP contribution in [0.5, 0.6) is 0 Å². The van der Waals surface area contributed by atoms with Crippen molar-refractivity contribution in [2.45, 2.75) is 6.04 Å². The summed E-state index contributed by atoms with van der Waals surface area (Å²) in [6, 6.07) is 12.9. The number of morpholine rings is 1. The SMILES string of the molecule is Cn1nc(NC(=O)c2ccc(N3CCOCC3CO)nc2)cc1-c1nc2ccccc2[nH]1. The topological polar surface area (TPSA) is 121 Å². The van der Waals surface area contributed by atoms with Gasteiger partial charge in [-0.15, -0.1) is 0 Å². The highest BCUT2D eigenvalue weighted by atomic mass is 16.5. The fourth-order valence-corrected chi connectivity index (χ4v) is 3.81. The summed E-state index contributed by atoms with van der Waals surface area (Å²) < 4.78 is 7.07. The largest absolute Gasteiger partial charge is 0.394 e. The predicted molar refractivity (Wildman–Crippen MR) is 120 cm³/mol. The number of nitrogens with one attached hydrogen (secondary N) is 2. The van der Waals surface area contributed by atoms with Crippen LogP contribution in [0.1, 0.15) is 10.4 Å². The molecule has 1 amide bonds. The minimum Gasteiger partial charge on any atom is -0.394 e. The Bertz CT molecular complexity index is 1220. The highest BCUT2D eigenvalue weighted by Gasteiger charge is 2.23. The van der Waals surface area contributed by atoms with Gasteiger partial charge < -0.3 is 25.0 Å². The number of benzene rings is 1. The zero-order valence-corrected chi connectivity index (χ0v) is 17.5. The van der Waals surface area contributed by atoms with Gasteiger partial charge in [-0.05, 0) is 24.3 Å². The minimum absolute atomic E-state index is 0.0167. The van der Waals surface area contributed by atoms with Crippen molar-refractivity contribution in [1.82, 2.24) is 24.7 Å². The highest BCUT2D eigenvalue weighted by Crippen LogP contribution is 2.23. The number of amides is 1. The average Bonchev–Trinajstić information content (AvgIpc) is 3.42. The Hall–Kier alpha value is -3.76. The molecule has 1 saturated heterocycles. The third kappa shape index (κ3) is 3.81. The molecule has 4 aromatic rings. The fraction of sp³-hybridized carbons (Fsp3) is 0.273. The molecule has 0 radical (unpaired) electrons. The first-order chi connectivity index (χ1) is 15.6. The molecule has 1 aromatic carbocycles. The van der Waals surface area contributed by atoms with Crippen LogP contribution in [0.3, 0.4) is 0 Å². The lowest BCUT2D eigenvalue weighted by Crippen LogP contribution is -2.48. The summed E-state index contributed by atoms with van der Waals surface area (Å²) in [6.45, 7) is 1.65. The third-order valence-corrected chi connectivity index (χ3v) is 5.50. The van der Waals surface area contributed by atoms with E-state index in [1.165, 1.54) is 6.20 Å². The van der Waals surface area contributed by atoms with E-state index in [1.54, 1.807) is 29.9 Å². The molecule has 1 atom stereocenters. The predicted octanol–water partition coefficient (Wildman–Crippen LogP) is 1.81. The Morgan fingerprint density at radius 3 is 2.97 bits per heavy atom. The van der Waals surface area contributed by atoms with Crippen LogP contribution in [-0.4, -0.2) is 68.2 Å². The number of anilines is 2. The molecule has 0 spiro atoms. The van der Waals surface area contributed by atoms with E-state index in [1.807, 2.05) is 29.2 Å². The van der Waals surface area contributed by atoms with Gasteiger partial charge in [0.15, 0.2) is 11.6 Å². The molecule has 1 aliphatic heterocycles. The Labute approximate surface area is 183 Å². The van der Waals surface area contributed by atoms with Gasteiger partial charge in [-0.25, -0.2) is 9.97 Å². The number of ether oxygens (including phenoxy) is 1. The number of rotatable bonds is 5. The molecule has 1 unspecified atom stereocenters. The number of aromatic amines is 1. The number of imidazole rings is 1. The standard InChI is InChI=1S/C22H23N7O3/c1-28-18(21-24-16-4-2-3-5-17(16)25-21)10-19(27-28)26-22(31)14-6-7-20(23-11-14)29-8-9-32-13-15(29)12-30/h2-7,10-11,15,30H,8-9,12-13H2,1H3,(H,24,25)(H,26,27,31). The third-order valence-electron chi connectivity index (χ3n) is 5.50. The summed E-state index contributed by atoms with van der Waals surface area (Å²) in [5.41, 5.74) is 2.97. The van der Waals surface area contributed by atoms with Crippen LogP contribution in [0.15, 0.2) is 48.7 Å². The first-order valence-corrected chi connectivity index (χ1v) is 10.3. The minimum atomic E-state index is -0.306. The van der Waals surface area contributed by atoms with E-state index in [-0.39, 0.29) is 18.6 Å². The van der Waals surface area contributed by atoms with Crippen molar-refractivity contribution in [2.24, 2.45) is 7.05 Å². The molecule has 10 heteroatoms. The number of carbonyl (C=O) groups excluding carboxylic acids is 1. The summed E-state index contributed by atoms with van der Waals surface area (Å²) in [4.78, 5) is 27.0. The molecule has 0 saturated carbocycles. The number of fused-ring (bicyclic) bond motifs is 1. The number of para-hydroxylation sites is 2. The van der Waals surface area contributed by atoms with Crippen LogP contribution >= 0.6 is 0 Å². The number of pyridine rings is 1. The fourth-order valence-electron chi connectivity index (χ4n) is 3.81. The van der Waals surface area contributed by atoms with E-state index in [0.29, 0.717) is 42.8 Å². The van der Waals surface area contributed by atoms with Gasteiger partial charge in [-0.2, -0.15) is 5.10 Å². The lowest BCUT2D eigenvalue weighted by Gasteiger charge is -2.35. The molecule has 0 bridgehead atoms. The molecule has 32 heavy (non-hydrogen) atoms. The lowest BCUT2D eigenvalue weighted by molar-refractivity contribution is 0.0722. The van der Waals surface area contributed by atoms with E-state index in [2.05, 4.69) is 25.4 Å². The molecule has 3 aromatic heterocycles. The zero-order valence-electron chi connectivity index (χ0n) is 17.5. The first-order valence-electron chi connectivity index (χ1n) is 10.3. The van der Waals surface area contributed by atoms with Crippen molar-refractivity contribution in [2.75, 3.05) is 36.6 Å². The van der Waals surface area contributed by atoms with Gasteiger partial charge in [0.05, 0.1) is 42.5 Å². The second-order valence-electron chi connectivity index (χ2n) is 7.60. The second-order valence-corrected chi connectivity index (χ2v) is 7.60. The van der Waals surface area contributed by atoms with Crippen molar-refractivity contribution < 1.29 is 14.6 Å². The highest BCUT2D eigenvalue weighted by molar-refractivity contribution is 6.03. The van der Waals surface area contributed by atoms with Gasteiger partial charge in [0, 0.05) is 25.9 Å². The maximum absolute atomic E-state index is 12.7. The second kappa shape index (κ2) is 8.40. The van der Waals surface area contributed by atoms with Crippen LogP contribution in [-0.2, 0) is 11.8 Å². The number of nitrogens with zero attached hydrogens (tertiary/aromatic N) is 5. The summed E-state index contributed by atoms with van der Waals surface area (Å²) in [5.74, 6) is 1.50. The molecule has 0 aliphatic carbocycles. The first kappa shape index (κ1) is 20.2. The van der Waals surface area contributed by atoms with Gasteiger partial charge in [-0.3, -0.25) is 9.48 Å². The van der Waals surface area contributed by atoms with Crippen molar-refractivity contribution in [3.05, 3.63) is 54.2 Å². The van der Waals surface area contributed by atoms with E-state index >= 15 is 0 Å². The monoisotopic (exact) mass is 433 g/mol. The lowest BCUT2D eigenvalue weighted by atomic mass is 10.2. The van der Waals surface area contributed by atoms with Crippen LogP contribution in [0, 0.1) is 0 Å². The molecular weight excluding hydrogens is 410 g/mol. The van der Waals surface area contributed by atoms with Crippen LogP contribution < -0.4 is 10.2 Å². The molecular formula is C22H23N7O3. The van der Waals surface area contributed by atoms with Crippen LogP contribution in [0.4, 0.5) is 11.6 Å². The maximum Gasteiger partial charge on any atom is 0.258 e. The number of hydrogen-bond acceptors (Lipinski definition) is 7. The van der Waals surface area contributed by atoms with Gasteiger partial charge in [0.25, 0.3) is 5.91 Å². The van der Waals surface area contributed by atoms with Crippen molar-refractivity contribution in [3.8, 4) is 11.5 Å². The quantitative estimate of drug-likeness (QED) is 0.439. The summed E-state index contributed by atoms with van der Waals surface area (Å²) in [6.07, 6.45) is 1.53. The molecule has 1 fully saturated rings. The van der Waals surface area contributed by atoms with E-state index in [0.717, 1.165) is 16.7 Å². The Morgan fingerprint density at radius 1 is 1.31 bits per heavy atom. The zero-order chi connectivity index (χ0) is 22.1. The molecule has 164 valence electrons. The smallest absolute Gasteiger partial charge is 0.258 e. The maximum atomic E-state index is 12.7. The van der Waals surface area contributed by atoms with E-state index < -0.39 is 0 Å². The average molecular weight is 433 g/mol. The number of aliphatic hydroxyl groups excluding tert-OH is 1. The Morgan fingerprint density at radius 2 is 2.19 bits per heavy atom. The van der Waals surface area contributed by atoms with Crippen LogP contribution in [0.25, 0.3) is 22.6 Å². The summed E-state index contributed by atoms with van der Waals surface area (Å²) in [5, 5.41) is 16.8. The number of aromatic nitrogens is 5. The number of hydrogen-bond donors (Lipinski definition) is 3. The van der Waals surface area contributed by atoms with Gasteiger partial charge in [0.2, 0.25) is 0 Å². The van der Waals surface area contributed by atoms with Crippen LogP contribution in [0.2, 0.25) is 0 Å².